The summed E-state index contributed by atoms with van der Waals surface area (Å²) in [6.45, 7) is 4.70. The van der Waals surface area contributed by atoms with E-state index < -0.39 is 0 Å². The molecule has 27 heavy (non-hydrogen) atoms. The van der Waals surface area contributed by atoms with Crippen molar-refractivity contribution >= 4 is 17.4 Å². The molecule has 0 aliphatic heterocycles. The molecule has 1 aromatic heterocycles. The maximum atomic E-state index is 13.0. The number of hydrogen-bond acceptors (Lipinski definition) is 3. The number of carbonyl (C=O) groups is 1. The first-order valence-corrected chi connectivity index (χ1v) is 8.87. The van der Waals surface area contributed by atoms with Gasteiger partial charge in [-0.3, -0.25) is 4.79 Å². The highest BCUT2D eigenvalue weighted by Crippen LogP contribution is 2.19. The molecule has 5 heteroatoms. The Morgan fingerprint density at radius 2 is 1.74 bits per heavy atom. The molecule has 2 N–H and O–H groups in total. The van der Waals surface area contributed by atoms with E-state index in [9.17, 15) is 9.18 Å². The van der Waals surface area contributed by atoms with Crippen LogP contribution in [0.2, 0.25) is 0 Å². The topological polar surface area (TPSA) is 54.0 Å². The number of carbonyl (C=O) groups excluding carboxylic acids is 1. The van der Waals surface area contributed by atoms with Crippen LogP contribution < -0.4 is 10.6 Å². The Morgan fingerprint density at radius 3 is 2.41 bits per heavy atom. The zero-order valence-electron chi connectivity index (χ0n) is 15.4. The van der Waals surface area contributed by atoms with Crippen molar-refractivity contribution in [1.82, 2.24) is 4.98 Å². The van der Waals surface area contributed by atoms with Crippen molar-refractivity contribution in [2.45, 2.75) is 26.3 Å². The second kappa shape index (κ2) is 8.45. The Hall–Kier alpha value is -3.21. The van der Waals surface area contributed by atoms with Crippen LogP contribution in [-0.2, 0) is 6.54 Å². The predicted molar refractivity (Wildman–Crippen MR) is 106 cm³/mol. The number of aromatic nitrogens is 1. The van der Waals surface area contributed by atoms with Gasteiger partial charge in [-0.05, 0) is 53.4 Å². The summed E-state index contributed by atoms with van der Waals surface area (Å²) in [5.41, 5.74) is 3.30. The summed E-state index contributed by atoms with van der Waals surface area (Å²) in [6.07, 6.45) is 1.63. The smallest absolute Gasteiger partial charge is 0.259 e. The summed E-state index contributed by atoms with van der Waals surface area (Å²) >= 11 is 0. The number of benzene rings is 2. The standard InChI is InChI=1S/C22H22FN3O/c1-15(2)17-7-11-19(12-8-17)26-22(27)20-4-3-13-24-21(20)25-14-16-5-9-18(23)10-6-16/h3-13,15H,14H2,1-2H3,(H,24,25)(H,26,27). The average molecular weight is 363 g/mol. The molecule has 138 valence electrons. The van der Waals surface area contributed by atoms with Crippen molar-refractivity contribution in [2.24, 2.45) is 0 Å². The van der Waals surface area contributed by atoms with Crippen LogP contribution in [0.1, 0.15) is 41.3 Å². The number of amides is 1. The highest BCUT2D eigenvalue weighted by molar-refractivity contribution is 6.07. The number of anilines is 2. The van der Waals surface area contributed by atoms with Crippen molar-refractivity contribution in [2.75, 3.05) is 10.6 Å². The minimum absolute atomic E-state index is 0.234. The lowest BCUT2D eigenvalue weighted by Crippen LogP contribution is -2.15. The van der Waals surface area contributed by atoms with Gasteiger partial charge in [0.15, 0.2) is 0 Å². The van der Waals surface area contributed by atoms with E-state index in [1.807, 2.05) is 24.3 Å². The Labute approximate surface area is 158 Å². The minimum atomic E-state index is -0.278. The summed E-state index contributed by atoms with van der Waals surface area (Å²) < 4.78 is 13.0. The van der Waals surface area contributed by atoms with Gasteiger partial charge in [0.05, 0.1) is 5.56 Å². The molecule has 0 aliphatic carbocycles. The Bertz CT molecular complexity index is 906. The predicted octanol–water partition coefficient (Wildman–Crippen LogP) is 5.21. The third-order valence-corrected chi connectivity index (χ3v) is 4.26. The quantitative estimate of drug-likeness (QED) is 0.632. The minimum Gasteiger partial charge on any atom is -0.365 e. The molecule has 3 aromatic rings. The van der Waals surface area contributed by atoms with Gasteiger partial charge in [-0.2, -0.15) is 0 Å². The van der Waals surface area contributed by atoms with Gasteiger partial charge in [-0.15, -0.1) is 0 Å². The third-order valence-electron chi connectivity index (χ3n) is 4.26. The maximum Gasteiger partial charge on any atom is 0.259 e. The van der Waals surface area contributed by atoms with E-state index in [-0.39, 0.29) is 11.7 Å². The highest BCUT2D eigenvalue weighted by atomic mass is 19.1. The SMILES string of the molecule is CC(C)c1ccc(NC(=O)c2cccnc2NCc2ccc(F)cc2)cc1. The van der Waals surface area contributed by atoms with E-state index in [0.717, 1.165) is 11.3 Å². The van der Waals surface area contributed by atoms with Crippen molar-refractivity contribution in [1.29, 1.82) is 0 Å². The lowest BCUT2D eigenvalue weighted by molar-refractivity contribution is 0.102. The number of pyridine rings is 1. The van der Waals surface area contributed by atoms with Gasteiger partial charge in [0.1, 0.15) is 11.6 Å². The second-order valence-electron chi connectivity index (χ2n) is 6.61. The normalized spacial score (nSPS) is 10.7. The third kappa shape index (κ3) is 4.91. The van der Waals surface area contributed by atoms with Gasteiger partial charge in [0, 0.05) is 18.4 Å². The molecule has 0 fully saturated rings. The molecule has 1 amide bonds. The molecule has 0 unspecified atom stereocenters. The first-order chi connectivity index (χ1) is 13.0. The molecule has 3 rings (SSSR count). The van der Waals surface area contributed by atoms with Gasteiger partial charge in [0.2, 0.25) is 0 Å². The summed E-state index contributed by atoms with van der Waals surface area (Å²) in [4.78, 5) is 16.9. The van der Waals surface area contributed by atoms with E-state index in [1.54, 1.807) is 30.5 Å². The van der Waals surface area contributed by atoms with Gasteiger partial charge < -0.3 is 10.6 Å². The van der Waals surface area contributed by atoms with Crippen molar-refractivity contribution < 1.29 is 9.18 Å². The second-order valence-corrected chi connectivity index (χ2v) is 6.61. The zero-order valence-corrected chi connectivity index (χ0v) is 15.4. The van der Waals surface area contributed by atoms with Gasteiger partial charge in [-0.25, -0.2) is 9.37 Å². The molecule has 0 saturated heterocycles. The van der Waals surface area contributed by atoms with Crippen LogP contribution in [0, 0.1) is 5.82 Å². The Morgan fingerprint density at radius 1 is 1.04 bits per heavy atom. The molecule has 1 heterocycles. The van der Waals surface area contributed by atoms with E-state index in [0.29, 0.717) is 23.8 Å². The van der Waals surface area contributed by atoms with Gasteiger partial charge >= 0.3 is 0 Å². The lowest BCUT2D eigenvalue weighted by Gasteiger charge is -2.12. The fraction of sp³-hybridized carbons (Fsp3) is 0.182. The van der Waals surface area contributed by atoms with Crippen LogP contribution in [0.15, 0.2) is 66.9 Å². The molecule has 0 saturated carbocycles. The molecular formula is C22H22FN3O. The highest BCUT2D eigenvalue weighted by Gasteiger charge is 2.12. The van der Waals surface area contributed by atoms with Crippen LogP contribution >= 0.6 is 0 Å². The monoisotopic (exact) mass is 363 g/mol. The largest absolute Gasteiger partial charge is 0.365 e. The molecule has 2 aromatic carbocycles. The molecule has 4 nitrogen and oxygen atoms in total. The average Bonchev–Trinajstić information content (AvgIpc) is 2.68. The van der Waals surface area contributed by atoms with E-state index >= 15 is 0 Å². The lowest BCUT2D eigenvalue weighted by atomic mass is 10.0. The van der Waals surface area contributed by atoms with Crippen molar-refractivity contribution in [3.63, 3.8) is 0 Å². The molecule has 0 radical (unpaired) electrons. The molecule has 0 atom stereocenters. The number of rotatable bonds is 6. The first kappa shape index (κ1) is 18.6. The molecular weight excluding hydrogens is 341 g/mol. The van der Waals surface area contributed by atoms with Crippen molar-refractivity contribution in [3.05, 3.63) is 89.4 Å². The van der Waals surface area contributed by atoms with Gasteiger partial charge in [0.25, 0.3) is 5.91 Å². The summed E-state index contributed by atoms with van der Waals surface area (Å²) in [6, 6.07) is 17.5. The molecule has 0 spiro atoms. The summed E-state index contributed by atoms with van der Waals surface area (Å²) in [5.74, 6) is 0.413. The van der Waals surface area contributed by atoms with Crippen LogP contribution in [-0.4, -0.2) is 10.9 Å². The summed E-state index contributed by atoms with van der Waals surface area (Å²) in [5, 5.41) is 6.05. The zero-order chi connectivity index (χ0) is 19.2. The Kier molecular flexibility index (Phi) is 5.81. The van der Waals surface area contributed by atoms with E-state index in [2.05, 4.69) is 29.5 Å². The number of nitrogens with one attached hydrogen (secondary N) is 2. The van der Waals surface area contributed by atoms with Crippen LogP contribution in [0.5, 0.6) is 0 Å². The maximum absolute atomic E-state index is 13.0. The Balaban J connectivity index is 1.70. The van der Waals surface area contributed by atoms with Crippen LogP contribution in [0.25, 0.3) is 0 Å². The number of halogens is 1. The molecule has 0 bridgehead atoms. The van der Waals surface area contributed by atoms with E-state index in [1.165, 1.54) is 17.7 Å². The fourth-order valence-corrected chi connectivity index (χ4v) is 2.67. The van der Waals surface area contributed by atoms with Crippen LogP contribution in [0.4, 0.5) is 15.9 Å². The first-order valence-electron chi connectivity index (χ1n) is 8.87. The fourth-order valence-electron chi connectivity index (χ4n) is 2.67. The summed E-state index contributed by atoms with van der Waals surface area (Å²) in [7, 11) is 0. The number of hydrogen-bond donors (Lipinski definition) is 2. The van der Waals surface area contributed by atoms with Gasteiger partial charge in [-0.1, -0.05) is 38.1 Å². The van der Waals surface area contributed by atoms with E-state index in [4.69, 9.17) is 0 Å². The van der Waals surface area contributed by atoms with Crippen molar-refractivity contribution in [3.8, 4) is 0 Å². The van der Waals surface area contributed by atoms with Crippen LogP contribution in [0.3, 0.4) is 0 Å². The number of nitrogens with zero attached hydrogens (tertiary/aromatic N) is 1. The molecule has 0 aliphatic rings.